The average molecular weight is 359 g/mol. The van der Waals surface area contributed by atoms with E-state index in [9.17, 15) is 8.42 Å². The van der Waals surface area contributed by atoms with Crippen LogP contribution in [0.2, 0.25) is 0 Å². The number of ether oxygens (including phenoxy) is 1. The van der Waals surface area contributed by atoms with E-state index in [0.717, 1.165) is 31.2 Å². The first-order chi connectivity index (χ1) is 12.1. The third-order valence-corrected chi connectivity index (χ3v) is 5.23. The smallest absolute Gasteiger partial charge is 0.233 e. The molecule has 0 amide bonds. The lowest BCUT2D eigenvalue weighted by Crippen LogP contribution is -2.38. The van der Waals surface area contributed by atoms with Gasteiger partial charge in [0.25, 0.3) is 0 Å². The van der Waals surface area contributed by atoms with Crippen LogP contribution in [0.15, 0.2) is 54.3 Å². The molecule has 1 N–H and O–H groups in total. The van der Waals surface area contributed by atoms with E-state index in [-0.39, 0.29) is 12.1 Å². The zero-order valence-corrected chi connectivity index (χ0v) is 14.6. The molecule has 0 aliphatic heterocycles. The van der Waals surface area contributed by atoms with Crippen molar-refractivity contribution >= 4 is 16.1 Å². The lowest BCUT2D eigenvalue weighted by molar-refractivity contribution is 0.138. The van der Waals surface area contributed by atoms with Gasteiger partial charge in [0.2, 0.25) is 15.9 Å². The molecule has 6 nitrogen and oxygen atoms in total. The molecule has 1 aromatic carbocycles. The maximum atomic E-state index is 12.2. The van der Waals surface area contributed by atoms with Gasteiger partial charge in [-0.2, -0.15) is 0 Å². The van der Waals surface area contributed by atoms with Crippen molar-refractivity contribution in [3.8, 4) is 5.88 Å². The number of nitrogens with one attached hydrogen (secondary N) is 1. The van der Waals surface area contributed by atoms with E-state index in [2.05, 4.69) is 14.7 Å². The number of hydrogen-bond acceptors (Lipinski definition) is 5. The zero-order chi connectivity index (χ0) is 17.5. The van der Waals surface area contributed by atoms with Crippen LogP contribution >= 0.6 is 0 Å². The third-order valence-electron chi connectivity index (χ3n) is 4.07. The Morgan fingerprint density at radius 2 is 1.84 bits per heavy atom. The standard InChI is InChI=1S/C18H21N3O3S/c22-25(23,13-10-15-4-2-1-3-5-15)21-16-6-8-17(9-7-16)24-18-14-19-11-12-20-18/h1-5,10-14,16-17,21H,6-9H2/b13-10+. The van der Waals surface area contributed by atoms with Crippen molar-refractivity contribution in [1.82, 2.24) is 14.7 Å². The van der Waals surface area contributed by atoms with Gasteiger partial charge in [0.05, 0.1) is 6.20 Å². The lowest BCUT2D eigenvalue weighted by atomic mass is 9.94. The van der Waals surface area contributed by atoms with Crippen molar-refractivity contribution in [3.05, 3.63) is 59.9 Å². The molecule has 1 aromatic heterocycles. The van der Waals surface area contributed by atoms with Crippen molar-refractivity contribution in [1.29, 1.82) is 0 Å². The van der Waals surface area contributed by atoms with Crippen LogP contribution in [-0.2, 0) is 10.0 Å². The fourth-order valence-corrected chi connectivity index (χ4v) is 3.93. The Morgan fingerprint density at radius 3 is 2.52 bits per heavy atom. The molecule has 1 aliphatic rings. The van der Waals surface area contributed by atoms with Gasteiger partial charge in [0.1, 0.15) is 6.10 Å². The molecule has 0 unspecified atom stereocenters. The molecular weight excluding hydrogens is 338 g/mol. The summed E-state index contributed by atoms with van der Waals surface area (Å²) in [5, 5.41) is 1.23. The van der Waals surface area contributed by atoms with Crippen LogP contribution in [0.1, 0.15) is 31.2 Å². The molecule has 3 rings (SSSR count). The average Bonchev–Trinajstić information content (AvgIpc) is 2.63. The van der Waals surface area contributed by atoms with Crippen molar-refractivity contribution in [3.63, 3.8) is 0 Å². The highest BCUT2D eigenvalue weighted by Gasteiger charge is 2.25. The molecule has 1 aliphatic carbocycles. The summed E-state index contributed by atoms with van der Waals surface area (Å²) in [6, 6.07) is 9.30. The first-order valence-electron chi connectivity index (χ1n) is 8.29. The van der Waals surface area contributed by atoms with Gasteiger partial charge in [-0.25, -0.2) is 18.1 Å². The lowest BCUT2D eigenvalue weighted by Gasteiger charge is -2.28. The Balaban J connectivity index is 1.49. The maximum absolute atomic E-state index is 12.2. The number of benzene rings is 1. The van der Waals surface area contributed by atoms with E-state index in [1.54, 1.807) is 24.7 Å². The summed E-state index contributed by atoms with van der Waals surface area (Å²) in [4.78, 5) is 8.07. The van der Waals surface area contributed by atoms with Gasteiger partial charge >= 0.3 is 0 Å². The van der Waals surface area contributed by atoms with Gasteiger partial charge in [0.15, 0.2) is 0 Å². The van der Waals surface area contributed by atoms with Gasteiger partial charge in [0, 0.05) is 23.8 Å². The van der Waals surface area contributed by atoms with Gasteiger partial charge in [-0.15, -0.1) is 0 Å². The van der Waals surface area contributed by atoms with E-state index in [1.165, 1.54) is 5.41 Å². The molecule has 0 bridgehead atoms. The number of rotatable bonds is 6. The third kappa shape index (κ3) is 5.65. The number of nitrogens with zero attached hydrogens (tertiary/aromatic N) is 2. The van der Waals surface area contributed by atoms with Gasteiger partial charge in [-0.05, 0) is 37.3 Å². The van der Waals surface area contributed by atoms with Crippen molar-refractivity contribution < 1.29 is 13.2 Å². The van der Waals surface area contributed by atoms with E-state index in [1.807, 2.05) is 30.3 Å². The predicted molar refractivity (Wildman–Crippen MR) is 96.2 cm³/mol. The van der Waals surface area contributed by atoms with E-state index in [0.29, 0.717) is 5.88 Å². The summed E-state index contributed by atoms with van der Waals surface area (Å²) >= 11 is 0. The summed E-state index contributed by atoms with van der Waals surface area (Å²) in [7, 11) is -3.45. The quantitative estimate of drug-likeness (QED) is 0.858. The Bertz CT molecular complexity index is 787. The molecular formula is C18H21N3O3S. The Morgan fingerprint density at radius 1 is 1.08 bits per heavy atom. The van der Waals surface area contributed by atoms with Crippen LogP contribution in [0.5, 0.6) is 5.88 Å². The molecule has 0 atom stereocenters. The molecule has 2 aromatic rings. The molecule has 1 fully saturated rings. The zero-order valence-electron chi connectivity index (χ0n) is 13.8. The number of sulfonamides is 1. The van der Waals surface area contributed by atoms with Crippen LogP contribution in [0.4, 0.5) is 0 Å². The van der Waals surface area contributed by atoms with E-state index in [4.69, 9.17) is 4.74 Å². The highest BCUT2D eigenvalue weighted by molar-refractivity contribution is 7.92. The topological polar surface area (TPSA) is 81.2 Å². The summed E-state index contributed by atoms with van der Waals surface area (Å²) in [6.45, 7) is 0. The second kappa shape index (κ2) is 8.22. The molecule has 1 heterocycles. The summed E-state index contributed by atoms with van der Waals surface area (Å²) in [6.07, 6.45) is 9.48. The second-order valence-electron chi connectivity index (χ2n) is 6.01. The molecule has 0 saturated heterocycles. The SMILES string of the molecule is O=S(=O)(/C=C/c1ccccc1)NC1CCC(Oc2cnccn2)CC1. The minimum Gasteiger partial charge on any atom is -0.473 e. The highest BCUT2D eigenvalue weighted by Crippen LogP contribution is 2.23. The van der Waals surface area contributed by atoms with Crippen molar-refractivity contribution in [2.45, 2.75) is 37.8 Å². The summed E-state index contributed by atoms with van der Waals surface area (Å²) in [5.74, 6) is 0.511. The Kier molecular flexibility index (Phi) is 5.78. The number of hydrogen-bond donors (Lipinski definition) is 1. The predicted octanol–water partition coefficient (Wildman–Crippen LogP) is 2.76. The molecule has 7 heteroatoms. The Hall–Kier alpha value is -2.25. The van der Waals surface area contributed by atoms with Crippen LogP contribution in [0.3, 0.4) is 0 Å². The maximum Gasteiger partial charge on any atom is 0.233 e. The molecule has 1 saturated carbocycles. The van der Waals surface area contributed by atoms with Crippen LogP contribution < -0.4 is 9.46 Å². The minimum atomic E-state index is -3.45. The fourth-order valence-electron chi connectivity index (χ4n) is 2.82. The van der Waals surface area contributed by atoms with Crippen LogP contribution in [-0.4, -0.2) is 30.5 Å². The normalized spacial score (nSPS) is 21.3. The molecule has 0 spiro atoms. The van der Waals surface area contributed by atoms with Gasteiger partial charge in [-0.1, -0.05) is 30.3 Å². The van der Waals surface area contributed by atoms with E-state index < -0.39 is 10.0 Å². The van der Waals surface area contributed by atoms with Gasteiger partial charge in [-0.3, -0.25) is 4.98 Å². The molecule has 0 radical (unpaired) electrons. The minimum absolute atomic E-state index is 0.0531. The highest BCUT2D eigenvalue weighted by atomic mass is 32.2. The second-order valence-corrected chi connectivity index (χ2v) is 7.61. The van der Waals surface area contributed by atoms with Crippen molar-refractivity contribution in [2.24, 2.45) is 0 Å². The van der Waals surface area contributed by atoms with Crippen LogP contribution in [0, 0.1) is 0 Å². The van der Waals surface area contributed by atoms with Gasteiger partial charge < -0.3 is 4.74 Å². The van der Waals surface area contributed by atoms with Crippen molar-refractivity contribution in [2.75, 3.05) is 0 Å². The summed E-state index contributed by atoms with van der Waals surface area (Å²) in [5.41, 5.74) is 0.856. The first kappa shape index (κ1) is 17.6. The number of aromatic nitrogens is 2. The monoisotopic (exact) mass is 359 g/mol. The first-order valence-corrected chi connectivity index (χ1v) is 9.83. The fraction of sp³-hybridized carbons (Fsp3) is 0.333. The molecule has 25 heavy (non-hydrogen) atoms. The Labute approximate surface area is 148 Å². The summed E-state index contributed by atoms with van der Waals surface area (Å²) < 4.78 is 32.9. The largest absolute Gasteiger partial charge is 0.473 e. The molecule has 132 valence electrons. The van der Waals surface area contributed by atoms with E-state index >= 15 is 0 Å². The van der Waals surface area contributed by atoms with Crippen LogP contribution in [0.25, 0.3) is 6.08 Å².